The number of hydrogen-bond acceptors (Lipinski definition) is 4. The third kappa shape index (κ3) is 2.70. The quantitative estimate of drug-likeness (QED) is 0.828. The molecule has 0 amide bonds. The molecule has 1 heterocycles. The van der Waals surface area contributed by atoms with Gasteiger partial charge >= 0.3 is 0 Å². The molecule has 1 aromatic carbocycles. The van der Waals surface area contributed by atoms with Gasteiger partial charge in [-0.25, -0.2) is 16.8 Å². The summed E-state index contributed by atoms with van der Waals surface area (Å²) in [6, 6.07) is 5.33. The summed E-state index contributed by atoms with van der Waals surface area (Å²) in [7, 11) is -6.73. The van der Waals surface area contributed by atoms with Crippen molar-refractivity contribution in [2.24, 2.45) is 0 Å². The Morgan fingerprint density at radius 3 is 2.32 bits per heavy atom. The molecule has 3 rings (SSSR count). The zero-order valence-corrected chi connectivity index (χ0v) is 14.3. The monoisotopic (exact) mass is 343 g/mol. The van der Waals surface area contributed by atoms with Gasteiger partial charge in [0.25, 0.3) is 0 Å². The average Bonchev–Trinajstić information content (AvgIpc) is 2.44. The third-order valence-electron chi connectivity index (χ3n) is 4.68. The molecule has 122 valence electrons. The van der Waals surface area contributed by atoms with Crippen LogP contribution in [0.1, 0.15) is 30.9 Å². The van der Waals surface area contributed by atoms with E-state index in [2.05, 4.69) is 0 Å². The zero-order valence-electron chi connectivity index (χ0n) is 12.7. The van der Waals surface area contributed by atoms with E-state index in [1.165, 1.54) is 9.87 Å². The highest BCUT2D eigenvalue weighted by molar-refractivity contribution is 7.92. The van der Waals surface area contributed by atoms with Crippen molar-refractivity contribution in [1.82, 2.24) is 4.31 Å². The van der Waals surface area contributed by atoms with Gasteiger partial charge in [0.2, 0.25) is 10.0 Å². The molecule has 1 aliphatic heterocycles. The van der Waals surface area contributed by atoms with Crippen molar-refractivity contribution >= 4 is 19.9 Å². The Balaban J connectivity index is 1.80. The van der Waals surface area contributed by atoms with E-state index in [0.29, 0.717) is 4.90 Å². The third-order valence-corrected chi connectivity index (χ3v) is 8.63. The van der Waals surface area contributed by atoms with Crippen LogP contribution in [0, 0.1) is 0 Å². The Bertz CT molecular complexity index is 778. The molecular formula is C15H21NO4S2. The molecule has 5 nitrogen and oxygen atoms in total. The maximum Gasteiger partial charge on any atom is 0.243 e. The molecule has 1 aliphatic carbocycles. The second-order valence-corrected chi connectivity index (χ2v) is 10.5. The summed E-state index contributed by atoms with van der Waals surface area (Å²) in [6.45, 7) is 1.75. The van der Waals surface area contributed by atoms with Gasteiger partial charge < -0.3 is 0 Å². The molecule has 1 aromatic rings. The summed E-state index contributed by atoms with van der Waals surface area (Å²) in [6.07, 6.45) is 4.18. The molecule has 0 spiro atoms. The smallest absolute Gasteiger partial charge is 0.228 e. The first-order valence-corrected chi connectivity index (χ1v) is 10.8. The highest BCUT2D eigenvalue weighted by Crippen LogP contribution is 2.29. The van der Waals surface area contributed by atoms with E-state index in [4.69, 9.17) is 0 Å². The first-order valence-electron chi connectivity index (χ1n) is 7.68. The van der Waals surface area contributed by atoms with Crippen molar-refractivity contribution < 1.29 is 16.8 Å². The fraction of sp³-hybridized carbons (Fsp3) is 0.600. The Morgan fingerprint density at radius 1 is 1.05 bits per heavy atom. The largest absolute Gasteiger partial charge is 0.243 e. The van der Waals surface area contributed by atoms with Gasteiger partial charge in [-0.3, -0.25) is 0 Å². The number of rotatable bonds is 4. The van der Waals surface area contributed by atoms with Crippen LogP contribution in [0.15, 0.2) is 23.1 Å². The SMILES string of the molecule is CCS(=O)(=O)C1CN(S(=O)(=O)c2ccc3c(c2)CCCC3)C1. The lowest BCUT2D eigenvalue weighted by atomic mass is 9.92. The predicted octanol–water partition coefficient (Wildman–Crippen LogP) is 1.37. The molecule has 1 saturated heterocycles. The minimum Gasteiger partial charge on any atom is -0.228 e. The first-order chi connectivity index (χ1) is 10.3. The summed E-state index contributed by atoms with van der Waals surface area (Å²) < 4.78 is 50.0. The predicted molar refractivity (Wildman–Crippen MR) is 85.1 cm³/mol. The molecule has 0 bridgehead atoms. The van der Waals surface area contributed by atoms with Crippen molar-refractivity contribution in [3.05, 3.63) is 29.3 Å². The van der Waals surface area contributed by atoms with Crippen LogP contribution in [0.2, 0.25) is 0 Å². The van der Waals surface area contributed by atoms with Gasteiger partial charge in [0.05, 0.1) is 10.1 Å². The van der Waals surface area contributed by atoms with Gasteiger partial charge in [-0.1, -0.05) is 13.0 Å². The minimum absolute atomic E-state index is 0.0599. The number of hydrogen-bond donors (Lipinski definition) is 0. The summed E-state index contributed by atoms with van der Waals surface area (Å²) in [5.74, 6) is 0.0599. The van der Waals surface area contributed by atoms with Gasteiger partial charge in [0.1, 0.15) is 0 Å². The van der Waals surface area contributed by atoms with E-state index in [-0.39, 0.29) is 18.8 Å². The Hall–Kier alpha value is -0.920. The van der Waals surface area contributed by atoms with Crippen LogP contribution in [-0.4, -0.2) is 45.2 Å². The van der Waals surface area contributed by atoms with E-state index in [0.717, 1.165) is 31.2 Å². The molecule has 2 aliphatic rings. The topological polar surface area (TPSA) is 71.5 Å². The normalized spacial score (nSPS) is 20.4. The average molecular weight is 343 g/mol. The number of sulfonamides is 1. The van der Waals surface area contributed by atoms with Crippen molar-refractivity contribution in [3.8, 4) is 0 Å². The van der Waals surface area contributed by atoms with Crippen molar-refractivity contribution in [2.45, 2.75) is 42.8 Å². The molecule has 0 unspecified atom stereocenters. The number of benzene rings is 1. The number of aryl methyl sites for hydroxylation is 2. The number of sulfone groups is 1. The molecule has 0 atom stereocenters. The molecule has 7 heteroatoms. The zero-order chi connectivity index (χ0) is 16.0. The van der Waals surface area contributed by atoms with Crippen LogP contribution in [0.25, 0.3) is 0 Å². The number of nitrogens with zero attached hydrogens (tertiary/aromatic N) is 1. The van der Waals surface area contributed by atoms with Crippen LogP contribution < -0.4 is 0 Å². The summed E-state index contributed by atoms with van der Waals surface area (Å²) in [4.78, 5) is 0.292. The van der Waals surface area contributed by atoms with Gasteiger partial charge in [-0.05, 0) is 48.9 Å². The lowest BCUT2D eigenvalue weighted by Gasteiger charge is -2.37. The summed E-state index contributed by atoms with van der Waals surface area (Å²) in [5.41, 5.74) is 2.35. The molecule has 0 saturated carbocycles. The van der Waals surface area contributed by atoms with Crippen LogP contribution in [0.5, 0.6) is 0 Å². The molecule has 22 heavy (non-hydrogen) atoms. The molecule has 1 fully saturated rings. The fourth-order valence-corrected chi connectivity index (χ4v) is 6.14. The van der Waals surface area contributed by atoms with E-state index in [9.17, 15) is 16.8 Å². The highest BCUT2D eigenvalue weighted by Gasteiger charge is 2.42. The van der Waals surface area contributed by atoms with Gasteiger partial charge in [0, 0.05) is 18.8 Å². The van der Waals surface area contributed by atoms with E-state index < -0.39 is 25.1 Å². The van der Waals surface area contributed by atoms with E-state index in [1.54, 1.807) is 19.1 Å². The van der Waals surface area contributed by atoms with Crippen LogP contribution >= 0.6 is 0 Å². The summed E-state index contributed by atoms with van der Waals surface area (Å²) >= 11 is 0. The maximum absolute atomic E-state index is 12.6. The fourth-order valence-electron chi connectivity index (χ4n) is 3.08. The molecule has 0 radical (unpaired) electrons. The minimum atomic E-state index is -3.57. The van der Waals surface area contributed by atoms with Crippen molar-refractivity contribution in [1.29, 1.82) is 0 Å². The molecule has 0 N–H and O–H groups in total. The van der Waals surface area contributed by atoms with Crippen molar-refractivity contribution in [3.63, 3.8) is 0 Å². The molecular weight excluding hydrogens is 322 g/mol. The van der Waals surface area contributed by atoms with Crippen LogP contribution in [0.3, 0.4) is 0 Å². The Morgan fingerprint density at radius 2 is 1.68 bits per heavy atom. The Kier molecular flexibility index (Phi) is 4.07. The van der Waals surface area contributed by atoms with Crippen LogP contribution in [0.4, 0.5) is 0 Å². The van der Waals surface area contributed by atoms with E-state index in [1.807, 2.05) is 6.07 Å². The lowest BCUT2D eigenvalue weighted by Crippen LogP contribution is -2.57. The number of fused-ring (bicyclic) bond motifs is 1. The second kappa shape index (κ2) is 5.62. The van der Waals surface area contributed by atoms with Crippen molar-refractivity contribution in [2.75, 3.05) is 18.8 Å². The highest BCUT2D eigenvalue weighted by atomic mass is 32.2. The first kappa shape index (κ1) is 16.0. The van der Waals surface area contributed by atoms with Gasteiger partial charge in [-0.15, -0.1) is 0 Å². The Labute approximate surface area is 132 Å². The second-order valence-electron chi connectivity index (χ2n) is 6.03. The maximum atomic E-state index is 12.6. The standard InChI is InChI=1S/C15H21NO4S2/c1-2-21(17,18)15-10-16(11-15)22(19,20)14-8-7-12-5-3-4-6-13(12)9-14/h7-9,15H,2-6,10-11H2,1H3. The van der Waals surface area contributed by atoms with Gasteiger partial charge in [-0.2, -0.15) is 4.31 Å². The summed E-state index contributed by atoms with van der Waals surface area (Å²) in [5, 5.41) is -0.551. The van der Waals surface area contributed by atoms with Gasteiger partial charge in [0.15, 0.2) is 9.84 Å². The van der Waals surface area contributed by atoms with E-state index >= 15 is 0 Å². The van der Waals surface area contributed by atoms with Crippen LogP contribution in [-0.2, 0) is 32.7 Å². The molecule has 0 aromatic heterocycles. The lowest BCUT2D eigenvalue weighted by molar-refractivity contribution is 0.310.